The maximum Gasteiger partial charge on any atom is 0.0485 e. The van der Waals surface area contributed by atoms with Gasteiger partial charge in [-0.3, -0.25) is 0 Å². The molecule has 0 fully saturated rings. The van der Waals surface area contributed by atoms with Gasteiger partial charge >= 0.3 is 0 Å². The van der Waals surface area contributed by atoms with Gasteiger partial charge in [-0.15, -0.1) is 0 Å². The monoisotopic (exact) mass is 476 g/mol. The van der Waals surface area contributed by atoms with E-state index < -0.39 is 0 Å². The standard InChI is InChI=1S/C32H36N4/c1-21-25-5-13-30(14-6-25)34-23(3)27-9-17-32(18-10-27)36-24(4)28-11-19-31(20-12-28)35-22(2)26-7-15-29(33-21)16-8-26/h5-24,33-36H,1-4H3/t21-,22-,23-,24+/m0/s1. The highest BCUT2D eigenvalue weighted by molar-refractivity contribution is 5.54. The molecule has 0 radical (unpaired) electrons. The SMILES string of the molecule is C[C@@H]1Nc2ccc(cc2)[C@H](C)Nc2ccc(cc2)[C@@H](C)Nc2ccc(cc2)[C@H](C)Nc2ccc1cc2. The molecule has 0 aromatic heterocycles. The normalized spacial score (nSPS) is 21.7. The fourth-order valence-electron chi connectivity index (χ4n) is 4.81. The minimum atomic E-state index is 0.212. The topological polar surface area (TPSA) is 48.1 Å². The predicted octanol–water partition coefficient (Wildman–Crippen LogP) is 8.69. The Morgan fingerprint density at radius 1 is 0.306 bits per heavy atom. The van der Waals surface area contributed by atoms with E-state index in [2.05, 4.69) is 146 Å². The smallest absolute Gasteiger partial charge is 0.0485 e. The zero-order valence-corrected chi connectivity index (χ0v) is 21.5. The minimum absolute atomic E-state index is 0.212. The van der Waals surface area contributed by atoms with Gasteiger partial charge in [-0.25, -0.2) is 0 Å². The Hall–Kier alpha value is -3.92. The zero-order valence-electron chi connectivity index (χ0n) is 21.5. The summed E-state index contributed by atoms with van der Waals surface area (Å²) in [6.07, 6.45) is 0. The van der Waals surface area contributed by atoms with Gasteiger partial charge in [0.15, 0.2) is 0 Å². The van der Waals surface area contributed by atoms with Gasteiger partial charge in [-0.05, 0) is 98.5 Å². The fourth-order valence-corrected chi connectivity index (χ4v) is 4.81. The quantitative estimate of drug-likeness (QED) is 0.205. The van der Waals surface area contributed by atoms with Crippen molar-refractivity contribution in [2.45, 2.75) is 51.9 Å². The Kier molecular flexibility index (Phi) is 6.86. The average molecular weight is 477 g/mol. The van der Waals surface area contributed by atoms with E-state index in [0.717, 1.165) is 22.7 Å². The largest absolute Gasteiger partial charge is 0.379 e. The van der Waals surface area contributed by atoms with E-state index in [1.165, 1.54) is 22.3 Å². The van der Waals surface area contributed by atoms with Crippen molar-refractivity contribution >= 4 is 22.7 Å². The summed E-state index contributed by atoms with van der Waals surface area (Å²) in [5.74, 6) is 0. The van der Waals surface area contributed by atoms with E-state index >= 15 is 0 Å². The van der Waals surface area contributed by atoms with E-state index in [9.17, 15) is 0 Å². The molecule has 0 unspecified atom stereocenters. The highest BCUT2D eigenvalue weighted by Crippen LogP contribution is 2.28. The van der Waals surface area contributed by atoms with Crippen LogP contribution in [0.2, 0.25) is 0 Å². The van der Waals surface area contributed by atoms with E-state index in [-0.39, 0.29) is 24.2 Å². The molecule has 4 nitrogen and oxygen atoms in total. The molecule has 4 heteroatoms. The molecule has 4 aromatic rings. The van der Waals surface area contributed by atoms with Crippen LogP contribution in [-0.4, -0.2) is 0 Å². The van der Waals surface area contributed by atoms with Crippen molar-refractivity contribution in [1.29, 1.82) is 0 Å². The van der Waals surface area contributed by atoms with Gasteiger partial charge in [0.1, 0.15) is 0 Å². The highest BCUT2D eigenvalue weighted by Gasteiger charge is 2.11. The molecule has 11 rings (SSSR count). The molecule has 0 spiro atoms. The van der Waals surface area contributed by atoms with Crippen LogP contribution in [0.15, 0.2) is 97.1 Å². The lowest BCUT2D eigenvalue weighted by molar-refractivity contribution is 0.865. The molecule has 0 amide bonds. The lowest BCUT2D eigenvalue weighted by Crippen LogP contribution is -2.10. The molecule has 36 heavy (non-hydrogen) atoms. The molecule has 7 heterocycles. The van der Waals surface area contributed by atoms with Crippen molar-refractivity contribution in [3.63, 3.8) is 0 Å². The van der Waals surface area contributed by atoms with Gasteiger partial charge in [0.25, 0.3) is 0 Å². The zero-order chi connectivity index (χ0) is 25.1. The van der Waals surface area contributed by atoms with Crippen LogP contribution in [0.1, 0.15) is 74.1 Å². The first-order valence-corrected chi connectivity index (χ1v) is 12.9. The van der Waals surface area contributed by atoms with Gasteiger partial charge in [0.05, 0.1) is 0 Å². The van der Waals surface area contributed by atoms with E-state index in [0.29, 0.717) is 0 Å². The molecular formula is C32H36N4. The molecule has 0 aliphatic carbocycles. The number of benzene rings is 4. The molecule has 0 saturated heterocycles. The molecule has 7 aliphatic rings. The fraction of sp³-hybridized carbons (Fsp3) is 0.250. The Bertz CT molecular complexity index is 1060. The van der Waals surface area contributed by atoms with E-state index in [1.807, 2.05) is 0 Å². The van der Waals surface area contributed by atoms with Crippen LogP contribution in [0.4, 0.5) is 22.7 Å². The van der Waals surface area contributed by atoms with E-state index in [4.69, 9.17) is 0 Å². The van der Waals surface area contributed by atoms with Crippen molar-refractivity contribution in [1.82, 2.24) is 0 Å². The number of anilines is 4. The number of nitrogens with one attached hydrogen (secondary N) is 4. The van der Waals surface area contributed by atoms with Crippen molar-refractivity contribution in [3.8, 4) is 0 Å². The summed E-state index contributed by atoms with van der Waals surface area (Å²) < 4.78 is 0. The first kappa shape index (κ1) is 23.8. The first-order valence-electron chi connectivity index (χ1n) is 12.9. The van der Waals surface area contributed by atoms with Crippen LogP contribution < -0.4 is 21.3 Å². The predicted molar refractivity (Wildman–Crippen MR) is 154 cm³/mol. The average Bonchev–Trinajstić information content (AvgIpc) is 2.89. The second-order valence-corrected chi connectivity index (χ2v) is 9.95. The Balaban J connectivity index is 1.43. The van der Waals surface area contributed by atoms with Gasteiger partial charge < -0.3 is 21.3 Å². The van der Waals surface area contributed by atoms with Crippen LogP contribution in [-0.2, 0) is 0 Å². The molecule has 0 saturated carbocycles. The van der Waals surface area contributed by atoms with Crippen molar-refractivity contribution in [2.24, 2.45) is 0 Å². The summed E-state index contributed by atoms with van der Waals surface area (Å²) in [5.41, 5.74) is 9.53. The van der Waals surface area contributed by atoms with Crippen molar-refractivity contribution in [3.05, 3.63) is 119 Å². The third-order valence-electron chi connectivity index (χ3n) is 7.18. The van der Waals surface area contributed by atoms with Gasteiger partial charge in [-0.2, -0.15) is 0 Å². The van der Waals surface area contributed by atoms with Crippen molar-refractivity contribution < 1.29 is 0 Å². The van der Waals surface area contributed by atoms with Crippen molar-refractivity contribution in [2.75, 3.05) is 21.3 Å². The van der Waals surface area contributed by atoms with Gasteiger partial charge in [0.2, 0.25) is 0 Å². The lowest BCUT2D eigenvalue weighted by atomic mass is 10.0. The third-order valence-corrected chi connectivity index (χ3v) is 7.18. The molecule has 4 N–H and O–H groups in total. The summed E-state index contributed by atoms with van der Waals surface area (Å²) in [5, 5.41) is 14.5. The van der Waals surface area contributed by atoms with Crippen LogP contribution in [0.25, 0.3) is 0 Å². The van der Waals surface area contributed by atoms with Crippen LogP contribution in [0.3, 0.4) is 0 Å². The van der Waals surface area contributed by atoms with Crippen LogP contribution >= 0.6 is 0 Å². The maximum atomic E-state index is 3.64. The second-order valence-electron chi connectivity index (χ2n) is 9.95. The Morgan fingerprint density at radius 2 is 0.472 bits per heavy atom. The summed E-state index contributed by atoms with van der Waals surface area (Å²) in [6, 6.07) is 35.8. The molecule has 8 bridgehead atoms. The summed E-state index contributed by atoms with van der Waals surface area (Å²) in [4.78, 5) is 0. The summed E-state index contributed by atoms with van der Waals surface area (Å²) >= 11 is 0. The maximum absolute atomic E-state index is 3.64. The van der Waals surface area contributed by atoms with Crippen LogP contribution in [0.5, 0.6) is 0 Å². The van der Waals surface area contributed by atoms with E-state index in [1.54, 1.807) is 0 Å². The Labute approximate surface area is 215 Å². The molecule has 4 aromatic carbocycles. The second kappa shape index (κ2) is 10.4. The lowest BCUT2D eigenvalue weighted by Gasteiger charge is -2.21. The number of hydrogen-bond donors (Lipinski definition) is 4. The Morgan fingerprint density at radius 3 is 0.639 bits per heavy atom. The molecule has 7 aliphatic heterocycles. The number of hydrogen-bond acceptors (Lipinski definition) is 4. The molecular weight excluding hydrogens is 440 g/mol. The summed E-state index contributed by atoms with van der Waals surface area (Å²) in [7, 11) is 0. The molecule has 184 valence electrons. The van der Waals surface area contributed by atoms with Crippen LogP contribution in [0, 0.1) is 0 Å². The minimum Gasteiger partial charge on any atom is -0.379 e. The number of rotatable bonds is 0. The van der Waals surface area contributed by atoms with Gasteiger partial charge in [0, 0.05) is 46.9 Å². The third kappa shape index (κ3) is 5.49. The highest BCUT2D eigenvalue weighted by atomic mass is 14.9. The first-order chi connectivity index (χ1) is 17.4. The molecule has 4 atom stereocenters. The van der Waals surface area contributed by atoms with Gasteiger partial charge in [-0.1, -0.05) is 48.5 Å². The summed E-state index contributed by atoms with van der Waals surface area (Å²) in [6.45, 7) is 8.81.